The van der Waals surface area contributed by atoms with Gasteiger partial charge >= 0.3 is 0 Å². The summed E-state index contributed by atoms with van der Waals surface area (Å²) in [4.78, 5) is 21.4. The fourth-order valence-electron chi connectivity index (χ4n) is 3.65. The van der Waals surface area contributed by atoms with Crippen LogP contribution in [-0.4, -0.2) is 9.97 Å². The number of hydrogen-bond donors (Lipinski definition) is 1. The first-order valence-corrected chi connectivity index (χ1v) is 10.6. The van der Waals surface area contributed by atoms with Crippen LogP contribution in [0.25, 0.3) is 44.6 Å². The van der Waals surface area contributed by atoms with E-state index in [9.17, 15) is 4.79 Å². The van der Waals surface area contributed by atoms with Gasteiger partial charge in [0.2, 0.25) is 0 Å². The number of nitrogens with zero attached hydrogens (tertiary/aromatic N) is 1. The van der Waals surface area contributed by atoms with Crippen LogP contribution in [0.3, 0.4) is 0 Å². The van der Waals surface area contributed by atoms with Crippen LogP contribution in [0.5, 0.6) is 0 Å². The average molecular weight is 407 g/mol. The van der Waals surface area contributed by atoms with Crippen LogP contribution >= 0.6 is 11.3 Å². The lowest BCUT2D eigenvalue weighted by atomic mass is 9.94. The van der Waals surface area contributed by atoms with Crippen molar-refractivity contribution in [1.29, 1.82) is 0 Å². The third-order valence-corrected chi connectivity index (χ3v) is 5.89. The van der Waals surface area contributed by atoms with Crippen molar-refractivity contribution in [3.05, 3.63) is 112 Å². The van der Waals surface area contributed by atoms with Crippen LogP contribution in [0.4, 0.5) is 0 Å². The van der Waals surface area contributed by atoms with Crippen LogP contribution in [0.1, 0.15) is 11.3 Å². The highest BCUT2D eigenvalue weighted by Gasteiger charge is 2.17. The first kappa shape index (κ1) is 18.3. The zero-order valence-electron chi connectivity index (χ0n) is 16.1. The number of nitrogens with one attached hydrogen (secondary N) is 1. The Labute approximate surface area is 178 Å². The zero-order chi connectivity index (χ0) is 20.3. The number of H-pyrrole nitrogens is 1. The Kier molecular flexibility index (Phi) is 4.83. The molecule has 0 atom stereocenters. The van der Waals surface area contributed by atoms with E-state index in [4.69, 9.17) is 0 Å². The highest BCUT2D eigenvalue weighted by atomic mass is 32.1. The predicted molar refractivity (Wildman–Crippen MR) is 126 cm³/mol. The molecule has 144 valence electrons. The topological polar surface area (TPSA) is 45.8 Å². The third kappa shape index (κ3) is 3.49. The zero-order valence-corrected chi connectivity index (χ0v) is 16.9. The molecule has 5 rings (SSSR count). The molecule has 0 aliphatic carbocycles. The van der Waals surface area contributed by atoms with Crippen LogP contribution < -0.4 is 5.56 Å². The molecule has 0 spiro atoms. The number of pyridine rings is 2. The molecule has 0 fully saturated rings. The van der Waals surface area contributed by atoms with E-state index < -0.39 is 0 Å². The quantitative estimate of drug-likeness (QED) is 0.371. The van der Waals surface area contributed by atoms with E-state index in [1.165, 1.54) is 0 Å². The second-order valence-electron chi connectivity index (χ2n) is 6.94. The average Bonchev–Trinajstić information content (AvgIpc) is 3.32. The smallest absolute Gasteiger partial charge is 0.257 e. The van der Waals surface area contributed by atoms with Crippen molar-refractivity contribution in [1.82, 2.24) is 9.97 Å². The lowest BCUT2D eigenvalue weighted by Gasteiger charge is -2.12. The molecule has 2 aromatic carbocycles. The van der Waals surface area contributed by atoms with E-state index in [1.54, 1.807) is 17.5 Å². The Morgan fingerprint density at radius 2 is 1.73 bits per heavy atom. The molecule has 0 unspecified atom stereocenters. The number of aromatic amines is 1. The number of rotatable bonds is 4. The molecule has 4 heteroatoms. The molecule has 30 heavy (non-hydrogen) atoms. The maximum Gasteiger partial charge on any atom is 0.257 e. The van der Waals surface area contributed by atoms with Crippen LogP contribution in [-0.2, 0) is 0 Å². The van der Waals surface area contributed by atoms with Crippen molar-refractivity contribution >= 4 is 34.4 Å². The summed E-state index contributed by atoms with van der Waals surface area (Å²) < 4.78 is 0. The Hall–Kier alpha value is -3.76. The van der Waals surface area contributed by atoms with E-state index in [0.29, 0.717) is 0 Å². The minimum Gasteiger partial charge on any atom is -0.321 e. The van der Waals surface area contributed by atoms with E-state index in [-0.39, 0.29) is 5.56 Å². The summed E-state index contributed by atoms with van der Waals surface area (Å²) in [6, 6.07) is 26.1. The minimum absolute atomic E-state index is 0.0689. The summed E-state index contributed by atoms with van der Waals surface area (Å²) in [5, 5.41) is 3.03. The van der Waals surface area contributed by atoms with Crippen molar-refractivity contribution in [2.45, 2.75) is 0 Å². The summed E-state index contributed by atoms with van der Waals surface area (Å²) in [7, 11) is 0. The Bertz CT molecular complexity index is 1400. The van der Waals surface area contributed by atoms with Gasteiger partial charge in [-0.05, 0) is 52.9 Å². The second kappa shape index (κ2) is 7.93. The standard InChI is InChI=1S/C26H18N2OS/c29-26-25(23-12-6-16-30-23)24(21-10-1-2-11-22(21)28-26)19-8-5-7-18(17-19)13-14-20-9-3-4-15-27-20/h1-17H,(H,28,29)/b14-13+. The molecule has 1 N–H and O–H groups in total. The van der Waals surface area contributed by atoms with Gasteiger partial charge in [-0.2, -0.15) is 0 Å². The number of para-hydroxylation sites is 1. The maximum absolute atomic E-state index is 13.1. The molecule has 0 aliphatic rings. The van der Waals surface area contributed by atoms with Gasteiger partial charge in [0.1, 0.15) is 0 Å². The van der Waals surface area contributed by atoms with Crippen molar-refractivity contribution in [3.8, 4) is 21.6 Å². The van der Waals surface area contributed by atoms with Crippen LogP contribution in [0.2, 0.25) is 0 Å². The van der Waals surface area contributed by atoms with Gasteiger partial charge < -0.3 is 4.98 Å². The summed E-state index contributed by atoms with van der Waals surface area (Å²) >= 11 is 1.58. The lowest BCUT2D eigenvalue weighted by Crippen LogP contribution is -2.10. The number of aromatic nitrogens is 2. The summed E-state index contributed by atoms with van der Waals surface area (Å²) in [6.07, 6.45) is 5.83. The van der Waals surface area contributed by atoms with Gasteiger partial charge in [0, 0.05) is 27.5 Å². The Morgan fingerprint density at radius 1 is 0.833 bits per heavy atom. The predicted octanol–water partition coefficient (Wildman–Crippen LogP) is 6.49. The van der Waals surface area contributed by atoms with Gasteiger partial charge in [0.25, 0.3) is 5.56 Å². The third-order valence-electron chi connectivity index (χ3n) is 5.00. The first-order valence-electron chi connectivity index (χ1n) is 9.68. The largest absolute Gasteiger partial charge is 0.321 e. The highest BCUT2D eigenvalue weighted by molar-refractivity contribution is 7.13. The molecule has 0 radical (unpaired) electrons. The summed E-state index contributed by atoms with van der Waals surface area (Å²) in [6.45, 7) is 0. The van der Waals surface area contributed by atoms with E-state index in [0.717, 1.165) is 43.7 Å². The molecule has 0 bridgehead atoms. The summed E-state index contributed by atoms with van der Waals surface area (Å²) in [5.41, 5.74) is 5.43. The molecule has 0 saturated heterocycles. The highest BCUT2D eigenvalue weighted by Crippen LogP contribution is 2.37. The number of hydrogen-bond acceptors (Lipinski definition) is 3. The molecule has 0 amide bonds. The van der Waals surface area contributed by atoms with E-state index >= 15 is 0 Å². The first-order chi connectivity index (χ1) is 14.8. The number of fused-ring (bicyclic) bond motifs is 1. The Morgan fingerprint density at radius 3 is 2.57 bits per heavy atom. The van der Waals surface area contributed by atoms with Crippen molar-refractivity contribution in [3.63, 3.8) is 0 Å². The fourth-order valence-corrected chi connectivity index (χ4v) is 4.43. The van der Waals surface area contributed by atoms with Gasteiger partial charge in [0.05, 0.1) is 11.3 Å². The minimum atomic E-state index is -0.0689. The molecule has 3 aromatic heterocycles. The molecule has 0 saturated carbocycles. The number of benzene rings is 2. The monoisotopic (exact) mass is 406 g/mol. The van der Waals surface area contributed by atoms with E-state index in [2.05, 4.69) is 34.2 Å². The molecule has 0 aliphatic heterocycles. The lowest BCUT2D eigenvalue weighted by molar-refractivity contribution is 1.30. The Balaban J connectivity index is 1.71. The van der Waals surface area contributed by atoms with Gasteiger partial charge in [-0.25, -0.2) is 0 Å². The fraction of sp³-hybridized carbons (Fsp3) is 0. The van der Waals surface area contributed by atoms with Gasteiger partial charge in [-0.3, -0.25) is 9.78 Å². The number of thiophene rings is 1. The van der Waals surface area contributed by atoms with Gasteiger partial charge in [-0.1, -0.05) is 54.6 Å². The van der Waals surface area contributed by atoms with Gasteiger partial charge in [0.15, 0.2) is 0 Å². The van der Waals surface area contributed by atoms with Crippen molar-refractivity contribution in [2.75, 3.05) is 0 Å². The molecule has 5 aromatic rings. The molecular formula is C26H18N2OS. The molecule has 3 nitrogen and oxygen atoms in total. The summed E-state index contributed by atoms with van der Waals surface area (Å²) in [5.74, 6) is 0. The van der Waals surface area contributed by atoms with Crippen LogP contribution in [0.15, 0.2) is 95.2 Å². The SMILES string of the molecule is O=c1[nH]c2ccccc2c(-c2cccc(/C=C/c3ccccn3)c2)c1-c1cccs1. The molecule has 3 heterocycles. The maximum atomic E-state index is 13.1. The van der Waals surface area contributed by atoms with Crippen molar-refractivity contribution in [2.24, 2.45) is 0 Å². The van der Waals surface area contributed by atoms with Crippen molar-refractivity contribution < 1.29 is 0 Å². The second-order valence-corrected chi connectivity index (χ2v) is 7.89. The normalized spacial score (nSPS) is 11.3. The molecular weight excluding hydrogens is 388 g/mol. The van der Waals surface area contributed by atoms with Gasteiger partial charge in [-0.15, -0.1) is 11.3 Å². The van der Waals surface area contributed by atoms with Crippen LogP contribution in [0, 0.1) is 0 Å². The van der Waals surface area contributed by atoms with E-state index in [1.807, 2.05) is 72.1 Å².